The number of halogens is 1. The highest BCUT2D eigenvalue weighted by Gasteiger charge is 2.13. The van der Waals surface area contributed by atoms with Crippen molar-refractivity contribution in [3.8, 4) is 11.8 Å². The van der Waals surface area contributed by atoms with Gasteiger partial charge in [-0.05, 0) is 31.2 Å². The number of nitrogens with zero attached hydrogens (tertiary/aromatic N) is 3. The minimum atomic E-state index is -0.347. The van der Waals surface area contributed by atoms with E-state index >= 15 is 0 Å². The maximum Gasteiger partial charge on any atom is 0.208 e. The van der Waals surface area contributed by atoms with Gasteiger partial charge >= 0.3 is 0 Å². The monoisotopic (exact) mass is 407 g/mol. The summed E-state index contributed by atoms with van der Waals surface area (Å²) in [6.07, 6.45) is 0. The maximum absolute atomic E-state index is 11.9. The number of carbonyl (C=O) groups is 1. The van der Waals surface area contributed by atoms with E-state index in [0.717, 1.165) is 16.2 Å². The standard InChI is InChI=1S/C15H14BrN5O2S/c1-9(18)12(6-17)13(22)8-24-15-19-14(20-21-15)7-23-11-4-2-10(16)3-5-11/h2-5H,7-8,18H2,1H3,(H,19,20,21)/b12-9+. The van der Waals surface area contributed by atoms with Crippen LogP contribution in [0, 0.1) is 11.3 Å². The third kappa shape index (κ3) is 5.11. The van der Waals surface area contributed by atoms with Crippen molar-refractivity contribution in [1.82, 2.24) is 15.2 Å². The lowest BCUT2D eigenvalue weighted by molar-refractivity contribution is -0.112. The summed E-state index contributed by atoms with van der Waals surface area (Å²) < 4.78 is 6.54. The van der Waals surface area contributed by atoms with Gasteiger partial charge in [0, 0.05) is 10.2 Å². The summed E-state index contributed by atoms with van der Waals surface area (Å²) in [5.74, 6) is 0.947. The molecule has 9 heteroatoms. The third-order valence-corrected chi connectivity index (χ3v) is 4.19. The van der Waals surface area contributed by atoms with Crippen LogP contribution in [0.5, 0.6) is 5.75 Å². The summed E-state index contributed by atoms with van der Waals surface area (Å²) in [6, 6.07) is 9.23. The Morgan fingerprint density at radius 1 is 1.46 bits per heavy atom. The fourth-order valence-corrected chi connectivity index (χ4v) is 2.62. The molecule has 1 heterocycles. The molecular weight excluding hydrogens is 394 g/mol. The smallest absolute Gasteiger partial charge is 0.208 e. The van der Waals surface area contributed by atoms with Crippen LogP contribution in [-0.2, 0) is 11.4 Å². The lowest BCUT2D eigenvalue weighted by atomic mass is 10.2. The molecule has 24 heavy (non-hydrogen) atoms. The summed E-state index contributed by atoms with van der Waals surface area (Å²) in [5, 5.41) is 16.0. The van der Waals surface area contributed by atoms with E-state index < -0.39 is 0 Å². The molecule has 0 unspecified atom stereocenters. The molecule has 3 N–H and O–H groups in total. The maximum atomic E-state index is 11.9. The van der Waals surface area contributed by atoms with Crippen LogP contribution in [0.2, 0.25) is 0 Å². The van der Waals surface area contributed by atoms with Gasteiger partial charge < -0.3 is 10.5 Å². The quantitative estimate of drug-likeness (QED) is 0.411. The van der Waals surface area contributed by atoms with Crippen molar-refractivity contribution in [3.05, 3.63) is 45.8 Å². The Bertz CT molecular complexity index is 791. The lowest BCUT2D eigenvalue weighted by Gasteiger charge is -2.03. The zero-order valence-electron chi connectivity index (χ0n) is 12.7. The van der Waals surface area contributed by atoms with Crippen molar-refractivity contribution in [2.75, 3.05) is 5.75 Å². The van der Waals surface area contributed by atoms with Gasteiger partial charge in [-0.15, -0.1) is 5.10 Å². The second-order valence-corrected chi connectivity index (χ2v) is 6.55. The highest BCUT2D eigenvalue weighted by molar-refractivity contribution is 9.10. The van der Waals surface area contributed by atoms with Crippen LogP contribution in [0.1, 0.15) is 12.7 Å². The van der Waals surface area contributed by atoms with Crippen LogP contribution >= 0.6 is 27.7 Å². The number of thioether (sulfide) groups is 1. The molecule has 2 aromatic rings. The first kappa shape index (κ1) is 18.0. The minimum Gasteiger partial charge on any atom is -0.486 e. The van der Waals surface area contributed by atoms with Gasteiger partial charge in [-0.25, -0.2) is 4.98 Å². The van der Waals surface area contributed by atoms with Crippen LogP contribution in [0.25, 0.3) is 0 Å². The van der Waals surface area contributed by atoms with E-state index in [9.17, 15) is 4.79 Å². The average molecular weight is 408 g/mol. The zero-order chi connectivity index (χ0) is 17.5. The van der Waals surface area contributed by atoms with Gasteiger partial charge in [-0.2, -0.15) is 5.26 Å². The lowest BCUT2D eigenvalue weighted by Crippen LogP contribution is -2.10. The van der Waals surface area contributed by atoms with Crippen LogP contribution < -0.4 is 10.5 Å². The number of aromatic nitrogens is 3. The number of allylic oxidation sites excluding steroid dienone is 2. The number of ketones is 1. The molecule has 0 amide bonds. The van der Waals surface area contributed by atoms with Gasteiger partial charge in [0.05, 0.1) is 5.75 Å². The molecule has 2 rings (SSSR count). The fraction of sp³-hybridized carbons (Fsp3) is 0.200. The molecule has 0 spiro atoms. The highest BCUT2D eigenvalue weighted by Crippen LogP contribution is 2.18. The van der Waals surface area contributed by atoms with Crippen molar-refractivity contribution in [3.63, 3.8) is 0 Å². The third-order valence-electron chi connectivity index (χ3n) is 2.82. The number of nitriles is 1. The summed E-state index contributed by atoms with van der Waals surface area (Å²) >= 11 is 4.48. The number of nitrogens with one attached hydrogen (secondary N) is 1. The second kappa shape index (κ2) is 8.52. The van der Waals surface area contributed by atoms with Crippen molar-refractivity contribution in [1.29, 1.82) is 5.26 Å². The molecule has 124 valence electrons. The van der Waals surface area contributed by atoms with Crippen molar-refractivity contribution >= 4 is 33.5 Å². The molecule has 0 aliphatic carbocycles. The minimum absolute atomic E-state index is 0.0307. The van der Waals surface area contributed by atoms with Crippen LogP contribution in [0.3, 0.4) is 0 Å². The average Bonchev–Trinajstić information content (AvgIpc) is 3.00. The predicted molar refractivity (Wildman–Crippen MR) is 93.1 cm³/mol. The van der Waals surface area contributed by atoms with E-state index in [-0.39, 0.29) is 29.4 Å². The largest absolute Gasteiger partial charge is 0.486 e. The molecule has 0 bridgehead atoms. The number of hydrogen-bond acceptors (Lipinski definition) is 7. The van der Waals surface area contributed by atoms with E-state index in [1.165, 1.54) is 6.92 Å². The number of H-pyrrole nitrogens is 1. The van der Waals surface area contributed by atoms with E-state index in [1.54, 1.807) is 6.07 Å². The molecule has 0 saturated carbocycles. The van der Waals surface area contributed by atoms with E-state index in [0.29, 0.717) is 16.7 Å². The Kier molecular flexibility index (Phi) is 6.40. The summed E-state index contributed by atoms with van der Waals surface area (Å²) in [4.78, 5) is 16.1. The number of benzene rings is 1. The van der Waals surface area contributed by atoms with Crippen LogP contribution in [-0.4, -0.2) is 26.7 Å². The number of carbonyl (C=O) groups excluding carboxylic acids is 1. The molecule has 1 aromatic heterocycles. The SMILES string of the molecule is C/C(N)=C(/C#N)C(=O)CSc1n[nH]c(COc2ccc(Br)cc2)n1. The number of nitrogens with two attached hydrogens (primary N) is 1. The number of hydrogen-bond donors (Lipinski definition) is 2. The van der Waals surface area contributed by atoms with Gasteiger partial charge in [0.15, 0.2) is 11.6 Å². The molecule has 0 aliphatic rings. The summed E-state index contributed by atoms with van der Waals surface area (Å²) in [5.41, 5.74) is 5.67. The van der Waals surface area contributed by atoms with Crippen molar-refractivity contribution < 1.29 is 9.53 Å². The van der Waals surface area contributed by atoms with Crippen molar-refractivity contribution in [2.45, 2.75) is 18.7 Å². The highest BCUT2D eigenvalue weighted by atomic mass is 79.9. The predicted octanol–water partition coefficient (Wildman–Crippen LogP) is 2.56. The molecule has 0 saturated heterocycles. The van der Waals surface area contributed by atoms with Gasteiger partial charge in [0.2, 0.25) is 5.16 Å². The Morgan fingerprint density at radius 2 is 2.17 bits per heavy atom. The Balaban J connectivity index is 1.87. The van der Waals surface area contributed by atoms with Crippen LogP contribution in [0.15, 0.2) is 45.2 Å². The topological polar surface area (TPSA) is 118 Å². The number of rotatable bonds is 7. The number of Topliss-reactive ketones (excluding diaryl/α,β-unsaturated/α-hetero) is 1. The Hall–Kier alpha value is -2.31. The first-order valence-corrected chi connectivity index (χ1v) is 8.59. The molecule has 7 nitrogen and oxygen atoms in total. The molecule has 0 atom stereocenters. The number of ether oxygens (including phenoxy) is 1. The van der Waals surface area contributed by atoms with Gasteiger partial charge in [-0.1, -0.05) is 27.7 Å². The van der Waals surface area contributed by atoms with Crippen LogP contribution in [0.4, 0.5) is 0 Å². The molecule has 1 aromatic carbocycles. The van der Waals surface area contributed by atoms with Crippen molar-refractivity contribution in [2.24, 2.45) is 5.73 Å². The summed E-state index contributed by atoms with van der Waals surface area (Å²) in [6.45, 7) is 1.75. The molecular formula is C15H14BrN5O2S. The Morgan fingerprint density at radius 3 is 2.79 bits per heavy atom. The van der Waals surface area contributed by atoms with E-state index in [4.69, 9.17) is 15.7 Å². The zero-order valence-corrected chi connectivity index (χ0v) is 15.1. The Labute approximate surface area is 151 Å². The number of aromatic amines is 1. The molecule has 0 aliphatic heterocycles. The van der Waals surface area contributed by atoms with Gasteiger partial charge in [-0.3, -0.25) is 9.89 Å². The normalized spacial score (nSPS) is 11.5. The molecule has 0 fully saturated rings. The summed E-state index contributed by atoms with van der Waals surface area (Å²) in [7, 11) is 0. The van der Waals surface area contributed by atoms with E-state index in [1.807, 2.05) is 24.3 Å². The molecule has 0 radical (unpaired) electrons. The second-order valence-electron chi connectivity index (χ2n) is 4.69. The van der Waals surface area contributed by atoms with Gasteiger partial charge in [0.25, 0.3) is 0 Å². The fourth-order valence-electron chi connectivity index (χ4n) is 1.66. The van der Waals surface area contributed by atoms with Gasteiger partial charge in [0.1, 0.15) is 24.0 Å². The first-order chi connectivity index (χ1) is 11.5. The van der Waals surface area contributed by atoms with E-state index in [2.05, 4.69) is 31.1 Å². The first-order valence-electron chi connectivity index (χ1n) is 6.81.